The number of phenolic OH excluding ortho intramolecular Hbond substituents is 1. The van der Waals surface area contributed by atoms with Crippen LogP contribution < -0.4 is 0 Å². The Morgan fingerprint density at radius 3 is 2.82 bits per heavy atom. The van der Waals surface area contributed by atoms with Crippen molar-refractivity contribution in [1.82, 2.24) is 0 Å². The summed E-state index contributed by atoms with van der Waals surface area (Å²) in [6, 6.07) is 6.01. The highest BCUT2D eigenvalue weighted by Gasteiger charge is 2.58. The zero-order chi connectivity index (χ0) is 15.5. The maximum absolute atomic E-state index is 10.7. The van der Waals surface area contributed by atoms with Crippen LogP contribution in [0.4, 0.5) is 0 Å². The molecule has 1 aromatic carbocycles. The molecule has 4 unspecified atom stereocenters. The van der Waals surface area contributed by atoms with Gasteiger partial charge in [0.05, 0.1) is 6.10 Å². The van der Waals surface area contributed by atoms with Crippen molar-refractivity contribution in [1.29, 1.82) is 0 Å². The van der Waals surface area contributed by atoms with Crippen molar-refractivity contribution in [3.8, 4) is 5.75 Å². The smallest absolute Gasteiger partial charge is 0.115 e. The fraction of sp³-hybridized carbons (Fsp3) is 0.700. The Labute approximate surface area is 133 Å². The number of phenols is 1. The van der Waals surface area contributed by atoms with Gasteiger partial charge in [-0.2, -0.15) is 0 Å². The van der Waals surface area contributed by atoms with E-state index in [1.165, 1.54) is 36.8 Å². The molecule has 0 spiro atoms. The third kappa shape index (κ3) is 1.83. The highest BCUT2D eigenvalue weighted by molar-refractivity contribution is 5.40. The van der Waals surface area contributed by atoms with Gasteiger partial charge in [0.1, 0.15) is 5.75 Å². The maximum Gasteiger partial charge on any atom is 0.115 e. The summed E-state index contributed by atoms with van der Waals surface area (Å²) in [7, 11) is 0. The summed E-state index contributed by atoms with van der Waals surface area (Å²) < 4.78 is 0. The lowest BCUT2D eigenvalue weighted by Crippen LogP contribution is -2.49. The van der Waals surface area contributed by atoms with Crippen LogP contribution in [0.5, 0.6) is 5.75 Å². The molecule has 2 heteroatoms. The van der Waals surface area contributed by atoms with Crippen LogP contribution in [0.15, 0.2) is 18.2 Å². The van der Waals surface area contributed by atoms with Crippen LogP contribution in [0.2, 0.25) is 0 Å². The molecule has 0 radical (unpaired) electrons. The maximum atomic E-state index is 10.7. The van der Waals surface area contributed by atoms with Crippen molar-refractivity contribution in [2.24, 2.45) is 23.2 Å². The number of hydrogen-bond acceptors (Lipinski definition) is 2. The van der Waals surface area contributed by atoms with Crippen molar-refractivity contribution in [3.63, 3.8) is 0 Å². The molecule has 3 aliphatic carbocycles. The van der Waals surface area contributed by atoms with Crippen molar-refractivity contribution in [2.75, 3.05) is 0 Å². The number of aromatic hydroxyl groups is 1. The molecule has 0 bridgehead atoms. The van der Waals surface area contributed by atoms with Gasteiger partial charge in [0.2, 0.25) is 0 Å². The second-order valence-corrected chi connectivity index (χ2v) is 8.10. The Morgan fingerprint density at radius 2 is 2.05 bits per heavy atom. The predicted octanol–water partition coefficient (Wildman–Crippen LogP) is 4.25. The molecule has 2 nitrogen and oxygen atoms in total. The molecule has 0 aliphatic heterocycles. The van der Waals surface area contributed by atoms with Crippen molar-refractivity contribution >= 4 is 0 Å². The first kappa shape index (κ1) is 14.6. The minimum absolute atomic E-state index is 0.107. The van der Waals surface area contributed by atoms with Crippen LogP contribution in [0, 0.1) is 23.2 Å². The summed E-state index contributed by atoms with van der Waals surface area (Å²) >= 11 is 0. The summed E-state index contributed by atoms with van der Waals surface area (Å²) in [5.74, 6) is 3.06. The first-order chi connectivity index (χ1) is 10.6. The van der Waals surface area contributed by atoms with Gasteiger partial charge in [-0.3, -0.25) is 0 Å². The molecule has 0 aromatic heterocycles. The number of rotatable bonds is 1. The van der Waals surface area contributed by atoms with Crippen molar-refractivity contribution in [3.05, 3.63) is 29.3 Å². The number of hydrogen-bond donors (Lipinski definition) is 2. The summed E-state index contributed by atoms with van der Waals surface area (Å²) in [6.45, 7) is 4.66. The van der Waals surface area contributed by atoms with Gasteiger partial charge in [-0.15, -0.1) is 0 Å². The Kier molecular flexibility index (Phi) is 3.30. The minimum atomic E-state index is -0.107. The SMILES string of the molecule is CCC1CC2c3ccc(O)cc3CCC2C2CC[C@H](O)[C@@]12C. The summed E-state index contributed by atoms with van der Waals surface area (Å²) in [6.07, 6.45) is 6.77. The fourth-order valence-electron chi connectivity index (χ4n) is 6.33. The first-order valence-corrected chi connectivity index (χ1v) is 9.05. The summed E-state index contributed by atoms with van der Waals surface area (Å²) in [5, 5.41) is 20.4. The quantitative estimate of drug-likeness (QED) is 0.814. The fourth-order valence-corrected chi connectivity index (χ4v) is 6.33. The molecular formula is C20H28O2. The van der Waals surface area contributed by atoms with Crippen LogP contribution in [0.25, 0.3) is 0 Å². The molecule has 22 heavy (non-hydrogen) atoms. The zero-order valence-electron chi connectivity index (χ0n) is 13.8. The molecule has 0 amide bonds. The Morgan fingerprint density at radius 1 is 1.23 bits per heavy atom. The number of aliphatic hydroxyl groups is 1. The van der Waals surface area contributed by atoms with Gasteiger partial charge >= 0.3 is 0 Å². The summed E-state index contributed by atoms with van der Waals surface area (Å²) in [4.78, 5) is 0. The van der Waals surface area contributed by atoms with Crippen molar-refractivity contribution in [2.45, 2.75) is 64.4 Å². The van der Waals surface area contributed by atoms with Gasteiger partial charge in [-0.25, -0.2) is 0 Å². The average Bonchev–Trinajstić information content (AvgIpc) is 2.82. The number of aliphatic hydroxyl groups excluding tert-OH is 1. The number of fused-ring (bicyclic) bond motifs is 5. The second-order valence-electron chi connectivity index (χ2n) is 8.10. The van der Waals surface area contributed by atoms with E-state index >= 15 is 0 Å². The molecular weight excluding hydrogens is 272 g/mol. The molecule has 2 saturated carbocycles. The monoisotopic (exact) mass is 300 g/mol. The lowest BCUT2D eigenvalue weighted by atomic mass is 9.51. The van der Waals surface area contributed by atoms with Gasteiger partial charge in [-0.05, 0) is 84.5 Å². The third-order valence-electron chi connectivity index (χ3n) is 7.49. The highest BCUT2D eigenvalue weighted by Crippen LogP contribution is 2.63. The van der Waals surface area contributed by atoms with E-state index < -0.39 is 0 Å². The Bertz CT molecular complexity index is 581. The molecule has 4 rings (SSSR count). The van der Waals surface area contributed by atoms with Crippen LogP contribution in [0.3, 0.4) is 0 Å². The molecule has 6 atom stereocenters. The van der Waals surface area contributed by atoms with E-state index in [-0.39, 0.29) is 11.5 Å². The van der Waals surface area contributed by atoms with Crippen LogP contribution in [-0.4, -0.2) is 16.3 Å². The van der Waals surface area contributed by atoms with Crippen LogP contribution >= 0.6 is 0 Å². The number of aryl methyl sites for hydroxylation is 1. The lowest BCUT2D eigenvalue weighted by Gasteiger charge is -2.54. The minimum Gasteiger partial charge on any atom is -0.508 e. The molecule has 1 aromatic rings. The topological polar surface area (TPSA) is 40.5 Å². The second kappa shape index (κ2) is 4.99. The molecule has 2 N–H and O–H groups in total. The van der Waals surface area contributed by atoms with Gasteiger partial charge in [-0.1, -0.05) is 26.3 Å². The summed E-state index contributed by atoms with van der Waals surface area (Å²) in [5.41, 5.74) is 2.97. The van der Waals surface area contributed by atoms with E-state index in [0.29, 0.717) is 23.5 Å². The molecule has 0 saturated heterocycles. The molecule has 3 aliphatic rings. The van der Waals surface area contributed by atoms with E-state index in [1.807, 2.05) is 12.1 Å². The highest BCUT2D eigenvalue weighted by atomic mass is 16.3. The van der Waals surface area contributed by atoms with E-state index in [9.17, 15) is 10.2 Å². The molecule has 120 valence electrons. The predicted molar refractivity (Wildman–Crippen MR) is 87.9 cm³/mol. The van der Waals surface area contributed by atoms with Gasteiger partial charge in [0.25, 0.3) is 0 Å². The first-order valence-electron chi connectivity index (χ1n) is 9.05. The molecule has 2 fully saturated rings. The third-order valence-corrected chi connectivity index (χ3v) is 7.49. The van der Waals surface area contributed by atoms with Crippen molar-refractivity contribution < 1.29 is 10.2 Å². The number of benzene rings is 1. The van der Waals surface area contributed by atoms with Crippen LogP contribution in [0.1, 0.15) is 63.0 Å². The van der Waals surface area contributed by atoms with Gasteiger partial charge < -0.3 is 10.2 Å². The average molecular weight is 300 g/mol. The van der Waals surface area contributed by atoms with Gasteiger partial charge in [0.15, 0.2) is 0 Å². The van der Waals surface area contributed by atoms with E-state index in [0.717, 1.165) is 18.8 Å². The van der Waals surface area contributed by atoms with E-state index in [1.54, 1.807) is 0 Å². The largest absolute Gasteiger partial charge is 0.508 e. The molecule has 0 heterocycles. The zero-order valence-corrected chi connectivity index (χ0v) is 13.8. The lowest BCUT2D eigenvalue weighted by molar-refractivity contribution is -0.0705. The van der Waals surface area contributed by atoms with E-state index in [4.69, 9.17) is 0 Å². The standard InChI is InChI=1S/C20H28O2/c1-3-13-11-17-15-7-5-14(21)10-12(15)4-6-16(17)18-8-9-19(22)20(13,18)2/h5,7,10,13,16-19,21-22H,3-4,6,8-9,11H2,1-2H3/t13?,16?,17?,18?,19-,20-/m0/s1. The normalized spacial score (nSPS) is 43.3. The Hall–Kier alpha value is -1.02. The van der Waals surface area contributed by atoms with Crippen LogP contribution in [-0.2, 0) is 6.42 Å². The van der Waals surface area contributed by atoms with E-state index in [2.05, 4.69) is 19.9 Å². The van der Waals surface area contributed by atoms with Gasteiger partial charge in [0, 0.05) is 0 Å². The Balaban J connectivity index is 1.76.